The Morgan fingerprint density at radius 2 is 1.70 bits per heavy atom. The number of carbonyl (C=O) groups is 1. The minimum absolute atomic E-state index is 0.115. The first-order chi connectivity index (χ1) is 10.8. The largest absolute Gasteiger partial charge is 0.354 e. The summed E-state index contributed by atoms with van der Waals surface area (Å²) in [7, 11) is 2.17. The van der Waals surface area contributed by atoms with Gasteiger partial charge in [-0.25, -0.2) is 0 Å². The number of likely N-dealkylation sites (N-methyl/N-ethyl adjacent to an activating group) is 1. The molecule has 128 valence electrons. The molecule has 1 saturated heterocycles. The Balaban J connectivity index is 2.11. The molecule has 4 heteroatoms. The normalized spacial score (nSPS) is 18.7. The molecule has 2 rings (SSSR count). The molecule has 1 aliphatic heterocycles. The zero-order chi connectivity index (χ0) is 17.0. The fourth-order valence-corrected chi connectivity index (χ4v) is 2.83. The molecular weight excluding hydrogens is 286 g/mol. The number of rotatable bonds is 4. The first kappa shape index (κ1) is 18.0. The monoisotopic (exact) mass is 317 g/mol. The van der Waals surface area contributed by atoms with Crippen molar-refractivity contribution in [1.29, 1.82) is 0 Å². The van der Waals surface area contributed by atoms with Crippen LogP contribution < -0.4 is 5.32 Å². The van der Waals surface area contributed by atoms with Gasteiger partial charge in [0.1, 0.15) is 0 Å². The summed E-state index contributed by atoms with van der Waals surface area (Å²) in [5.74, 6) is 0.115. The summed E-state index contributed by atoms with van der Waals surface area (Å²) in [6.07, 6.45) is 0. The second-order valence-electron chi connectivity index (χ2n) is 7.73. The number of nitrogens with one attached hydrogen (secondary N) is 1. The molecule has 1 aromatic carbocycles. The zero-order valence-corrected chi connectivity index (χ0v) is 15.2. The van der Waals surface area contributed by atoms with E-state index >= 15 is 0 Å². The molecule has 1 aliphatic rings. The van der Waals surface area contributed by atoms with E-state index in [0.29, 0.717) is 6.54 Å². The van der Waals surface area contributed by atoms with E-state index in [1.807, 2.05) is 20.8 Å². The second kappa shape index (κ2) is 7.45. The van der Waals surface area contributed by atoms with E-state index in [9.17, 15) is 4.79 Å². The van der Waals surface area contributed by atoms with Gasteiger partial charge in [0.25, 0.3) is 0 Å². The summed E-state index contributed by atoms with van der Waals surface area (Å²) in [5.41, 5.74) is 2.21. The summed E-state index contributed by atoms with van der Waals surface area (Å²) in [6, 6.07) is 8.95. The number of hydrogen-bond donors (Lipinski definition) is 1. The van der Waals surface area contributed by atoms with Crippen LogP contribution in [0.5, 0.6) is 0 Å². The van der Waals surface area contributed by atoms with Crippen molar-refractivity contribution in [2.75, 3.05) is 39.8 Å². The van der Waals surface area contributed by atoms with Gasteiger partial charge >= 0.3 is 0 Å². The van der Waals surface area contributed by atoms with E-state index in [2.05, 4.69) is 53.4 Å². The van der Waals surface area contributed by atoms with Gasteiger partial charge in [-0.15, -0.1) is 0 Å². The standard InChI is InChI=1S/C19H31N3O/c1-15-6-8-16(9-7-15)17(14-20-18(23)19(2,3)4)22-12-10-21(5)11-13-22/h6-9,17H,10-14H2,1-5H3,(H,20,23)/t17-/m1/s1. The first-order valence-corrected chi connectivity index (χ1v) is 8.55. The highest BCUT2D eigenvalue weighted by atomic mass is 16.2. The minimum Gasteiger partial charge on any atom is -0.354 e. The van der Waals surface area contributed by atoms with E-state index < -0.39 is 0 Å². The van der Waals surface area contributed by atoms with Crippen LogP contribution in [0, 0.1) is 12.3 Å². The van der Waals surface area contributed by atoms with Crippen molar-refractivity contribution in [2.24, 2.45) is 5.41 Å². The van der Waals surface area contributed by atoms with E-state index in [4.69, 9.17) is 0 Å². The lowest BCUT2D eigenvalue weighted by Gasteiger charge is -2.38. The highest BCUT2D eigenvalue weighted by Gasteiger charge is 2.26. The van der Waals surface area contributed by atoms with Gasteiger partial charge in [-0.3, -0.25) is 9.69 Å². The summed E-state index contributed by atoms with van der Waals surface area (Å²) in [5, 5.41) is 3.15. The molecule has 0 saturated carbocycles. The third-order valence-electron chi connectivity index (χ3n) is 4.58. The molecule has 1 heterocycles. The smallest absolute Gasteiger partial charge is 0.225 e. The maximum atomic E-state index is 12.3. The van der Waals surface area contributed by atoms with E-state index in [-0.39, 0.29) is 17.4 Å². The van der Waals surface area contributed by atoms with Crippen LogP contribution >= 0.6 is 0 Å². The van der Waals surface area contributed by atoms with Crippen LogP contribution in [0.1, 0.15) is 37.9 Å². The molecule has 0 aromatic heterocycles. The maximum absolute atomic E-state index is 12.3. The molecule has 1 atom stereocenters. The number of aryl methyl sites for hydroxylation is 1. The summed E-state index contributed by atoms with van der Waals surface area (Å²) in [4.78, 5) is 17.1. The quantitative estimate of drug-likeness (QED) is 0.926. The first-order valence-electron chi connectivity index (χ1n) is 8.55. The van der Waals surface area contributed by atoms with Gasteiger partial charge in [0, 0.05) is 38.1 Å². The third-order valence-corrected chi connectivity index (χ3v) is 4.58. The molecule has 0 bridgehead atoms. The predicted molar refractivity (Wildman–Crippen MR) is 95.5 cm³/mol. The Kier molecular flexibility index (Phi) is 5.82. The Bertz CT molecular complexity index is 510. The van der Waals surface area contributed by atoms with Gasteiger partial charge in [0.05, 0.1) is 6.04 Å². The zero-order valence-electron chi connectivity index (χ0n) is 15.2. The maximum Gasteiger partial charge on any atom is 0.225 e. The van der Waals surface area contributed by atoms with Crippen LogP contribution in [0.3, 0.4) is 0 Å². The van der Waals surface area contributed by atoms with Crippen LogP contribution in [0.15, 0.2) is 24.3 Å². The van der Waals surface area contributed by atoms with Crippen molar-refractivity contribution in [3.05, 3.63) is 35.4 Å². The Morgan fingerprint density at radius 3 is 2.22 bits per heavy atom. The van der Waals surface area contributed by atoms with E-state index in [0.717, 1.165) is 26.2 Å². The van der Waals surface area contributed by atoms with E-state index in [1.165, 1.54) is 11.1 Å². The fraction of sp³-hybridized carbons (Fsp3) is 0.632. The lowest BCUT2D eigenvalue weighted by Crippen LogP contribution is -2.49. The number of benzene rings is 1. The van der Waals surface area contributed by atoms with Crippen molar-refractivity contribution in [2.45, 2.75) is 33.7 Å². The van der Waals surface area contributed by atoms with Crippen molar-refractivity contribution in [1.82, 2.24) is 15.1 Å². The Hall–Kier alpha value is -1.39. The molecule has 1 fully saturated rings. The van der Waals surface area contributed by atoms with Crippen molar-refractivity contribution in [3.8, 4) is 0 Å². The summed E-state index contributed by atoms with van der Waals surface area (Å²) >= 11 is 0. The highest BCUT2D eigenvalue weighted by Crippen LogP contribution is 2.23. The van der Waals surface area contributed by atoms with Crippen LogP contribution in [-0.2, 0) is 4.79 Å². The van der Waals surface area contributed by atoms with Crippen LogP contribution in [0.2, 0.25) is 0 Å². The molecule has 1 amide bonds. The van der Waals surface area contributed by atoms with Gasteiger partial charge in [-0.05, 0) is 19.5 Å². The van der Waals surface area contributed by atoms with E-state index in [1.54, 1.807) is 0 Å². The number of nitrogens with zero attached hydrogens (tertiary/aromatic N) is 2. The van der Waals surface area contributed by atoms with Crippen LogP contribution in [0.25, 0.3) is 0 Å². The Labute approximate surface area is 140 Å². The summed E-state index contributed by atoms with van der Waals surface area (Å²) < 4.78 is 0. The van der Waals surface area contributed by atoms with Gasteiger partial charge < -0.3 is 10.2 Å². The average Bonchev–Trinajstić information content (AvgIpc) is 2.49. The van der Waals surface area contributed by atoms with Crippen molar-refractivity contribution in [3.63, 3.8) is 0 Å². The van der Waals surface area contributed by atoms with Crippen molar-refractivity contribution >= 4 is 5.91 Å². The summed E-state index contributed by atoms with van der Waals surface area (Å²) in [6.45, 7) is 12.9. The molecule has 1 N–H and O–H groups in total. The topological polar surface area (TPSA) is 35.6 Å². The highest BCUT2D eigenvalue weighted by molar-refractivity contribution is 5.81. The van der Waals surface area contributed by atoms with Crippen LogP contribution in [0.4, 0.5) is 0 Å². The van der Waals surface area contributed by atoms with Gasteiger partial charge in [0.2, 0.25) is 5.91 Å². The molecule has 1 aromatic rings. The third kappa shape index (κ3) is 5.05. The SMILES string of the molecule is Cc1ccc([C@@H](CNC(=O)C(C)(C)C)N2CCN(C)CC2)cc1. The molecule has 23 heavy (non-hydrogen) atoms. The van der Waals surface area contributed by atoms with Gasteiger partial charge in [0.15, 0.2) is 0 Å². The molecule has 4 nitrogen and oxygen atoms in total. The molecule has 0 unspecified atom stereocenters. The number of hydrogen-bond acceptors (Lipinski definition) is 3. The molecular formula is C19H31N3O. The minimum atomic E-state index is -0.347. The van der Waals surface area contributed by atoms with Crippen molar-refractivity contribution < 1.29 is 4.79 Å². The van der Waals surface area contributed by atoms with Gasteiger partial charge in [-0.2, -0.15) is 0 Å². The molecule has 0 spiro atoms. The molecule has 0 radical (unpaired) electrons. The van der Waals surface area contributed by atoms with Gasteiger partial charge in [-0.1, -0.05) is 50.6 Å². The number of carbonyl (C=O) groups excluding carboxylic acids is 1. The average molecular weight is 317 g/mol. The number of piperazine rings is 1. The predicted octanol–water partition coefficient (Wildman–Crippen LogP) is 2.45. The lowest BCUT2D eigenvalue weighted by molar-refractivity contribution is -0.128. The second-order valence-corrected chi connectivity index (χ2v) is 7.73. The van der Waals surface area contributed by atoms with Crippen LogP contribution in [-0.4, -0.2) is 55.5 Å². The fourth-order valence-electron chi connectivity index (χ4n) is 2.83. The number of amides is 1. The Morgan fingerprint density at radius 1 is 1.13 bits per heavy atom. The lowest BCUT2D eigenvalue weighted by atomic mass is 9.95. The molecule has 0 aliphatic carbocycles.